The second-order valence-electron chi connectivity index (χ2n) is 2.81. The molecule has 6 nitrogen and oxygen atoms in total. The fourth-order valence-corrected chi connectivity index (χ4v) is 1.28. The van der Waals surface area contributed by atoms with Crippen LogP contribution < -0.4 is 11.4 Å². The Hall–Kier alpha value is -2.24. The molecule has 0 bridgehead atoms. The number of aldehydes is 1. The maximum Gasteiger partial charge on any atom is 0.423 e. The highest BCUT2D eigenvalue weighted by molar-refractivity contribution is 5.73. The standard InChI is InChI=1S/C9H6N2O4/c12-5-4-11-7-6(2-1-3-10-7)8(13)15-9(11)14/h1-3,5H,4H2. The highest BCUT2D eigenvalue weighted by Gasteiger charge is 2.08. The molecule has 2 heterocycles. The molecule has 0 spiro atoms. The van der Waals surface area contributed by atoms with E-state index in [1.807, 2.05) is 0 Å². The molecule has 0 unspecified atom stereocenters. The van der Waals surface area contributed by atoms with Gasteiger partial charge in [-0.15, -0.1) is 0 Å². The highest BCUT2D eigenvalue weighted by atomic mass is 16.4. The number of hydrogen-bond donors (Lipinski definition) is 0. The minimum atomic E-state index is -0.877. The predicted molar refractivity (Wildman–Crippen MR) is 50.6 cm³/mol. The second-order valence-corrected chi connectivity index (χ2v) is 2.81. The first-order valence-corrected chi connectivity index (χ1v) is 4.16. The molecule has 76 valence electrons. The molecule has 0 saturated heterocycles. The van der Waals surface area contributed by atoms with Gasteiger partial charge in [0.2, 0.25) is 0 Å². The number of pyridine rings is 1. The summed E-state index contributed by atoms with van der Waals surface area (Å²) in [4.78, 5) is 36.7. The molecule has 0 saturated carbocycles. The Kier molecular flexibility index (Phi) is 2.17. The van der Waals surface area contributed by atoms with E-state index in [2.05, 4.69) is 9.40 Å². The molecular formula is C9H6N2O4. The molecule has 0 amide bonds. The van der Waals surface area contributed by atoms with Crippen LogP contribution >= 0.6 is 0 Å². The third-order valence-corrected chi connectivity index (χ3v) is 1.92. The lowest BCUT2D eigenvalue weighted by Gasteiger charge is -2.01. The summed E-state index contributed by atoms with van der Waals surface area (Å²) < 4.78 is 5.43. The van der Waals surface area contributed by atoms with Crippen molar-refractivity contribution in [2.75, 3.05) is 0 Å². The summed E-state index contributed by atoms with van der Waals surface area (Å²) in [6.07, 6.45) is 1.97. The van der Waals surface area contributed by atoms with Gasteiger partial charge in [-0.1, -0.05) is 0 Å². The van der Waals surface area contributed by atoms with Gasteiger partial charge in [0, 0.05) is 6.20 Å². The van der Waals surface area contributed by atoms with Gasteiger partial charge in [-0.25, -0.2) is 14.6 Å². The zero-order chi connectivity index (χ0) is 10.8. The number of nitrogens with zero attached hydrogens (tertiary/aromatic N) is 2. The van der Waals surface area contributed by atoms with Crippen molar-refractivity contribution < 1.29 is 9.21 Å². The topological polar surface area (TPSA) is 82.2 Å². The van der Waals surface area contributed by atoms with Crippen LogP contribution in [0.3, 0.4) is 0 Å². The minimum Gasteiger partial charge on any atom is -0.372 e. The Bertz CT molecular complexity index is 626. The first-order valence-electron chi connectivity index (χ1n) is 4.16. The van der Waals surface area contributed by atoms with Crippen LogP contribution in [0.4, 0.5) is 0 Å². The van der Waals surface area contributed by atoms with Crippen LogP contribution in [0, 0.1) is 0 Å². The molecule has 0 radical (unpaired) electrons. The summed E-state index contributed by atoms with van der Waals surface area (Å²) in [6.45, 7) is -0.184. The van der Waals surface area contributed by atoms with Crippen molar-refractivity contribution in [3.05, 3.63) is 39.3 Å². The molecule has 2 aromatic heterocycles. The Balaban J connectivity index is 2.96. The number of carbonyl (C=O) groups excluding carboxylic acids is 1. The van der Waals surface area contributed by atoms with Gasteiger partial charge in [-0.2, -0.15) is 0 Å². The van der Waals surface area contributed by atoms with E-state index in [1.165, 1.54) is 12.3 Å². The SMILES string of the molecule is O=CCn1c(=O)oc(=O)c2cccnc21. The summed E-state index contributed by atoms with van der Waals surface area (Å²) in [5.41, 5.74) is -0.587. The lowest BCUT2D eigenvalue weighted by Crippen LogP contribution is -2.26. The monoisotopic (exact) mass is 206 g/mol. The highest BCUT2D eigenvalue weighted by Crippen LogP contribution is 2.02. The van der Waals surface area contributed by atoms with Gasteiger partial charge in [0.05, 0.1) is 6.54 Å². The first-order chi connectivity index (χ1) is 7.24. The van der Waals surface area contributed by atoms with E-state index in [0.717, 1.165) is 4.57 Å². The van der Waals surface area contributed by atoms with Crippen molar-refractivity contribution in [3.8, 4) is 0 Å². The van der Waals surface area contributed by atoms with Crippen LogP contribution in [0.2, 0.25) is 0 Å². The molecule has 0 atom stereocenters. The lowest BCUT2D eigenvalue weighted by atomic mass is 10.3. The molecule has 2 aromatic rings. The average Bonchev–Trinajstić information content (AvgIpc) is 2.24. The van der Waals surface area contributed by atoms with E-state index in [9.17, 15) is 14.4 Å². The van der Waals surface area contributed by atoms with Crippen LogP contribution in [0.15, 0.2) is 32.3 Å². The quantitative estimate of drug-likeness (QED) is 0.621. The molecule has 15 heavy (non-hydrogen) atoms. The van der Waals surface area contributed by atoms with E-state index in [4.69, 9.17) is 0 Å². The van der Waals surface area contributed by atoms with E-state index >= 15 is 0 Å². The van der Waals surface area contributed by atoms with Gasteiger partial charge in [0.15, 0.2) is 5.65 Å². The number of carbonyl (C=O) groups is 1. The zero-order valence-corrected chi connectivity index (χ0v) is 7.54. The Labute approximate surface area is 82.8 Å². The second kappa shape index (κ2) is 3.49. The number of fused-ring (bicyclic) bond motifs is 1. The van der Waals surface area contributed by atoms with E-state index in [1.54, 1.807) is 6.07 Å². The molecule has 2 rings (SSSR count). The third-order valence-electron chi connectivity index (χ3n) is 1.92. The Morgan fingerprint density at radius 1 is 1.47 bits per heavy atom. The molecule has 0 aliphatic heterocycles. The minimum absolute atomic E-state index is 0.158. The third kappa shape index (κ3) is 1.45. The number of aromatic nitrogens is 2. The van der Waals surface area contributed by atoms with E-state index in [0.29, 0.717) is 6.29 Å². The zero-order valence-electron chi connectivity index (χ0n) is 7.54. The molecule has 0 aromatic carbocycles. The van der Waals surface area contributed by atoms with Gasteiger partial charge >= 0.3 is 11.4 Å². The summed E-state index contributed by atoms with van der Waals surface area (Å²) in [6, 6.07) is 3.03. The van der Waals surface area contributed by atoms with Crippen LogP contribution in [0.1, 0.15) is 0 Å². The lowest BCUT2D eigenvalue weighted by molar-refractivity contribution is -0.108. The fourth-order valence-electron chi connectivity index (χ4n) is 1.28. The van der Waals surface area contributed by atoms with Gasteiger partial charge in [0.1, 0.15) is 11.7 Å². The molecule has 0 aliphatic rings. The predicted octanol–water partition coefficient (Wildman–Crippen LogP) is -0.451. The van der Waals surface area contributed by atoms with Gasteiger partial charge in [-0.05, 0) is 12.1 Å². The normalized spacial score (nSPS) is 10.4. The van der Waals surface area contributed by atoms with Crippen molar-refractivity contribution in [3.63, 3.8) is 0 Å². The van der Waals surface area contributed by atoms with Crippen molar-refractivity contribution >= 4 is 17.3 Å². The van der Waals surface area contributed by atoms with Crippen LogP contribution in [-0.4, -0.2) is 15.8 Å². The molecule has 0 aliphatic carbocycles. The van der Waals surface area contributed by atoms with Crippen molar-refractivity contribution in [1.29, 1.82) is 0 Å². The summed E-state index contributed by atoms with van der Waals surface area (Å²) >= 11 is 0. The van der Waals surface area contributed by atoms with Gasteiger partial charge < -0.3 is 9.21 Å². The maximum absolute atomic E-state index is 11.2. The van der Waals surface area contributed by atoms with Crippen molar-refractivity contribution in [1.82, 2.24) is 9.55 Å². The maximum atomic E-state index is 11.2. The molecule has 6 heteroatoms. The number of rotatable bonds is 2. The fraction of sp³-hybridized carbons (Fsp3) is 0.111. The molecule has 0 N–H and O–H groups in total. The van der Waals surface area contributed by atoms with Crippen LogP contribution in [0.5, 0.6) is 0 Å². The molecular weight excluding hydrogens is 200 g/mol. The average molecular weight is 206 g/mol. The van der Waals surface area contributed by atoms with E-state index in [-0.39, 0.29) is 17.6 Å². The smallest absolute Gasteiger partial charge is 0.372 e. The summed E-state index contributed by atoms with van der Waals surface area (Å²) in [7, 11) is 0. The Morgan fingerprint density at radius 2 is 2.27 bits per heavy atom. The van der Waals surface area contributed by atoms with Crippen LogP contribution in [-0.2, 0) is 11.3 Å². The van der Waals surface area contributed by atoms with Crippen LogP contribution in [0.25, 0.3) is 11.0 Å². The van der Waals surface area contributed by atoms with Crippen molar-refractivity contribution in [2.24, 2.45) is 0 Å². The van der Waals surface area contributed by atoms with Gasteiger partial charge in [0.25, 0.3) is 0 Å². The van der Waals surface area contributed by atoms with E-state index < -0.39 is 11.4 Å². The first kappa shape index (κ1) is 9.32. The molecule has 0 fully saturated rings. The summed E-state index contributed by atoms with van der Waals surface area (Å²) in [5, 5.41) is 0.180. The van der Waals surface area contributed by atoms with Crippen molar-refractivity contribution in [2.45, 2.75) is 6.54 Å². The largest absolute Gasteiger partial charge is 0.423 e. The Morgan fingerprint density at radius 3 is 3.00 bits per heavy atom. The number of hydrogen-bond acceptors (Lipinski definition) is 5. The summed E-state index contributed by atoms with van der Waals surface area (Å²) in [5.74, 6) is -0.877. The van der Waals surface area contributed by atoms with Gasteiger partial charge in [-0.3, -0.25) is 4.57 Å².